The van der Waals surface area contributed by atoms with E-state index in [0.717, 1.165) is 44.0 Å². The van der Waals surface area contributed by atoms with Gasteiger partial charge in [0.15, 0.2) is 0 Å². The number of aliphatic imine (C=N–C) groups is 2. The minimum absolute atomic E-state index is 0. The Kier molecular flexibility index (Phi) is 7.63. The smallest absolute Gasteiger partial charge is 0.124 e. The molecule has 0 aliphatic rings. The number of phenolic OH excluding ortho intramolecular Hbond substituents is 2. The van der Waals surface area contributed by atoms with Gasteiger partial charge in [0.1, 0.15) is 11.5 Å². The summed E-state index contributed by atoms with van der Waals surface area (Å²) in [7, 11) is 0. The molecule has 2 N–H and O–H groups in total. The standard InChI is InChI=1S/C34H24N2O2.Zn/c37-33-19-17-23-9-1-3-11-25(23)29(33)21-35-31-15-7-5-13-27(31)28-14-6-8-16-32(28)36-22-30-26-12-4-2-10-24(26)18-20-34(30)38;/h1-22,37-38H;. The predicted octanol–water partition coefficient (Wildman–Crippen LogP) is 8.57. The third-order valence-electron chi connectivity index (χ3n) is 6.66. The molecule has 0 radical (unpaired) electrons. The second-order valence-corrected chi connectivity index (χ2v) is 8.99. The first-order valence-corrected chi connectivity index (χ1v) is 12.4. The first-order chi connectivity index (χ1) is 18.7. The van der Waals surface area contributed by atoms with E-state index >= 15 is 0 Å². The third-order valence-corrected chi connectivity index (χ3v) is 6.66. The SMILES string of the molecule is Oc1ccc2ccccc2c1C=Nc1ccccc1-c1ccccc1N=Cc1c(O)ccc2ccccc12.[Zn]. The van der Waals surface area contributed by atoms with Gasteiger partial charge in [-0.05, 0) is 45.8 Å². The van der Waals surface area contributed by atoms with E-state index in [2.05, 4.69) is 0 Å². The quantitative estimate of drug-likeness (QED) is 0.165. The Labute approximate surface area is 239 Å². The zero-order valence-corrected chi connectivity index (χ0v) is 24.2. The van der Waals surface area contributed by atoms with Crippen molar-refractivity contribution in [3.05, 3.63) is 132 Å². The van der Waals surface area contributed by atoms with Crippen LogP contribution in [0.2, 0.25) is 0 Å². The van der Waals surface area contributed by atoms with Gasteiger partial charge in [0.05, 0.1) is 11.4 Å². The van der Waals surface area contributed by atoms with Gasteiger partial charge in [-0.2, -0.15) is 0 Å². The molecule has 0 unspecified atom stereocenters. The van der Waals surface area contributed by atoms with Gasteiger partial charge >= 0.3 is 0 Å². The fourth-order valence-corrected chi connectivity index (χ4v) is 4.74. The number of aromatic hydroxyl groups is 2. The Morgan fingerprint density at radius 1 is 0.436 bits per heavy atom. The molecule has 6 aromatic rings. The fraction of sp³-hybridized carbons (Fsp3) is 0. The summed E-state index contributed by atoms with van der Waals surface area (Å²) in [6, 6.07) is 38.8. The van der Waals surface area contributed by atoms with Crippen molar-refractivity contribution in [2.75, 3.05) is 0 Å². The molecular formula is C34H24N2O2Zn. The monoisotopic (exact) mass is 556 g/mol. The Hall–Kier alpha value is -4.60. The summed E-state index contributed by atoms with van der Waals surface area (Å²) in [5.41, 5.74) is 4.70. The molecular weight excluding hydrogens is 534 g/mol. The van der Waals surface area contributed by atoms with Gasteiger partial charge in [-0.25, -0.2) is 0 Å². The molecule has 0 aliphatic carbocycles. The van der Waals surface area contributed by atoms with Crippen molar-refractivity contribution < 1.29 is 29.7 Å². The van der Waals surface area contributed by atoms with E-state index in [0.29, 0.717) is 11.1 Å². The molecule has 0 aliphatic heterocycles. The second-order valence-electron chi connectivity index (χ2n) is 8.99. The summed E-state index contributed by atoms with van der Waals surface area (Å²) in [6.07, 6.45) is 3.44. The molecule has 0 spiro atoms. The van der Waals surface area contributed by atoms with Crippen LogP contribution in [-0.4, -0.2) is 22.6 Å². The van der Waals surface area contributed by atoms with Crippen LogP contribution in [0.4, 0.5) is 11.4 Å². The minimum Gasteiger partial charge on any atom is -0.507 e. The number of rotatable bonds is 5. The zero-order valence-electron chi connectivity index (χ0n) is 21.2. The van der Waals surface area contributed by atoms with Crippen molar-refractivity contribution in [3.8, 4) is 22.6 Å². The molecule has 6 rings (SSSR count). The number of hydrogen-bond donors (Lipinski definition) is 2. The largest absolute Gasteiger partial charge is 0.507 e. The van der Waals surface area contributed by atoms with E-state index in [1.54, 1.807) is 24.6 Å². The van der Waals surface area contributed by atoms with Crippen LogP contribution in [0.1, 0.15) is 11.1 Å². The molecule has 0 fully saturated rings. The molecule has 6 aromatic carbocycles. The molecule has 0 bridgehead atoms. The summed E-state index contributed by atoms with van der Waals surface area (Å²) < 4.78 is 0. The van der Waals surface area contributed by atoms with E-state index in [1.807, 2.05) is 109 Å². The average Bonchev–Trinajstić information content (AvgIpc) is 2.96. The maximum atomic E-state index is 10.6. The topological polar surface area (TPSA) is 65.2 Å². The fourth-order valence-electron chi connectivity index (χ4n) is 4.74. The molecule has 0 aromatic heterocycles. The number of para-hydroxylation sites is 2. The Bertz CT molecular complexity index is 1720. The third kappa shape index (κ3) is 5.22. The normalized spacial score (nSPS) is 11.4. The molecule has 184 valence electrons. The summed E-state index contributed by atoms with van der Waals surface area (Å²) in [5, 5.41) is 25.1. The van der Waals surface area contributed by atoms with Crippen LogP contribution in [0.15, 0.2) is 131 Å². The molecule has 0 atom stereocenters. The Morgan fingerprint density at radius 3 is 1.28 bits per heavy atom. The van der Waals surface area contributed by atoms with Crippen LogP contribution in [0.5, 0.6) is 11.5 Å². The average molecular weight is 558 g/mol. The molecule has 0 saturated carbocycles. The number of hydrogen-bond acceptors (Lipinski definition) is 4. The van der Waals surface area contributed by atoms with Gasteiger partial charge < -0.3 is 10.2 Å². The molecule has 39 heavy (non-hydrogen) atoms. The van der Waals surface area contributed by atoms with Gasteiger partial charge in [-0.1, -0.05) is 97.1 Å². The zero-order chi connectivity index (χ0) is 25.9. The van der Waals surface area contributed by atoms with Crippen LogP contribution in [-0.2, 0) is 19.5 Å². The predicted molar refractivity (Wildman–Crippen MR) is 158 cm³/mol. The van der Waals surface area contributed by atoms with Crippen molar-refractivity contribution >= 4 is 45.3 Å². The van der Waals surface area contributed by atoms with Gasteiger partial charge in [-0.15, -0.1) is 0 Å². The van der Waals surface area contributed by atoms with Crippen LogP contribution in [0.3, 0.4) is 0 Å². The molecule has 0 saturated heterocycles. The van der Waals surface area contributed by atoms with E-state index < -0.39 is 0 Å². The van der Waals surface area contributed by atoms with Gasteiger partial charge in [0.2, 0.25) is 0 Å². The van der Waals surface area contributed by atoms with Crippen molar-refractivity contribution in [1.29, 1.82) is 0 Å². The van der Waals surface area contributed by atoms with Crippen LogP contribution in [0.25, 0.3) is 32.7 Å². The van der Waals surface area contributed by atoms with Crippen LogP contribution in [0, 0.1) is 0 Å². The molecule has 4 nitrogen and oxygen atoms in total. The van der Waals surface area contributed by atoms with Gasteiger partial charge in [0, 0.05) is 54.2 Å². The summed E-state index contributed by atoms with van der Waals surface area (Å²) in [4.78, 5) is 9.60. The molecule has 5 heteroatoms. The Balaban J connectivity index is 0.00000308. The van der Waals surface area contributed by atoms with E-state index in [1.165, 1.54) is 0 Å². The van der Waals surface area contributed by atoms with Gasteiger partial charge in [0.25, 0.3) is 0 Å². The number of nitrogens with zero attached hydrogens (tertiary/aromatic N) is 2. The summed E-state index contributed by atoms with van der Waals surface area (Å²) in [6.45, 7) is 0. The van der Waals surface area contributed by atoms with Crippen LogP contribution >= 0.6 is 0 Å². The van der Waals surface area contributed by atoms with E-state index in [-0.39, 0.29) is 31.0 Å². The van der Waals surface area contributed by atoms with Crippen molar-refractivity contribution in [1.82, 2.24) is 0 Å². The summed E-state index contributed by atoms with van der Waals surface area (Å²) in [5.74, 6) is 0.370. The minimum atomic E-state index is 0. The number of benzene rings is 6. The Morgan fingerprint density at radius 2 is 0.821 bits per heavy atom. The maximum Gasteiger partial charge on any atom is 0.124 e. The van der Waals surface area contributed by atoms with E-state index in [4.69, 9.17) is 9.98 Å². The molecule has 0 heterocycles. The first kappa shape index (κ1) is 26.0. The van der Waals surface area contributed by atoms with Crippen molar-refractivity contribution in [2.45, 2.75) is 0 Å². The second kappa shape index (κ2) is 11.4. The van der Waals surface area contributed by atoms with E-state index in [9.17, 15) is 10.2 Å². The van der Waals surface area contributed by atoms with Crippen molar-refractivity contribution in [3.63, 3.8) is 0 Å². The maximum absolute atomic E-state index is 10.6. The molecule has 0 amide bonds. The summed E-state index contributed by atoms with van der Waals surface area (Å²) >= 11 is 0. The van der Waals surface area contributed by atoms with Gasteiger partial charge in [-0.3, -0.25) is 9.98 Å². The first-order valence-electron chi connectivity index (χ1n) is 12.4. The number of fused-ring (bicyclic) bond motifs is 2. The van der Waals surface area contributed by atoms with Crippen molar-refractivity contribution in [2.24, 2.45) is 9.98 Å². The number of phenols is 2. The van der Waals surface area contributed by atoms with Crippen LogP contribution < -0.4 is 0 Å².